The van der Waals surface area contributed by atoms with Gasteiger partial charge < -0.3 is 15.3 Å². The summed E-state index contributed by atoms with van der Waals surface area (Å²) in [4.78, 5) is 11.1. The molecule has 0 aliphatic heterocycles. The Balaban J connectivity index is 2.13. The quantitative estimate of drug-likeness (QED) is 0.844. The molecule has 100 valence electrons. The Morgan fingerprint density at radius 2 is 2.00 bits per heavy atom. The van der Waals surface area contributed by atoms with Gasteiger partial charge in [0.15, 0.2) is 0 Å². The van der Waals surface area contributed by atoms with Crippen LogP contribution in [0.15, 0.2) is 0 Å². The van der Waals surface area contributed by atoms with E-state index in [4.69, 9.17) is 0 Å². The van der Waals surface area contributed by atoms with E-state index in [9.17, 15) is 5.11 Å². The van der Waals surface area contributed by atoms with Crippen LogP contribution in [0.1, 0.15) is 24.2 Å². The Labute approximate surface area is 108 Å². The topological polar surface area (TPSA) is 61.3 Å². The number of rotatable bonds is 4. The summed E-state index contributed by atoms with van der Waals surface area (Å²) in [5.74, 6) is 3.23. The van der Waals surface area contributed by atoms with Crippen molar-refractivity contribution in [2.45, 2.75) is 32.8 Å². The summed E-state index contributed by atoms with van der Waals surface area (Å²) in [5, 5.41) is 12.4. The lowest BCUT2D eigenvalue weighted by Gasteiger charge is -2.35. The fraction of sp³-hybridized carbons (Fsp3) is 0.692. The number of nitrogens with one attached hydrogen (secondary N) is 1. The molecule has 5 nitrogen and oxygen atoms in total. The second-order valence-electron chi connectivity index (χ2n) is 5.19. The van der Waals surface area contributed by atoms with Crippen molar-refractivity contribution in [3.63, 3.8) is 0 Å². The van der Waals surface area contributed by atoms with E-state index in [0.29, 0.717) is 5.92 Å². The Kier molecular flexibility index (Phi) is 3.71. The zero-order chi connectivity index (χ0) is 13.3. The SMILES string of the molecule is CNc1nc(C)nc(N(C)CC2CC(O)C2)c1C. The molecule has 0 saturated heterocycles. The fourth-order valence-corrected chi connectivity index (χ4v) is 2.55. The molecular weight excluding hydrogens is 228 g/mol. The van der Waals surface area contributed by atoms with Crippen LogP contribution in [0.3, 0.4) is 0 Å². The van der Waals surface area contributed by atoms with Crippen LogP contribution in [0.25, 0.3) is 0 Å². The summed E-state index contributed by atoms with van der Waals surface area (Å²) in [6, 6.07) is 0. The van der Waals surface area contributed by atoms with E-state index in [1.54, 1.807) is 0 Å². The first kappa shape index (κ1) is 13.1. The Morgan fingerprint density at radius 1 is 1.33 bits per heavy atom. The van der Waals surface area contributed by atoms with Gasteiger partial charge in [-0.05, 0) is 32.6 Å². The fourth-order valence-electron chi connectivity index (χ4n) is 2.55. The molecule has 0 unspecified atom stereocenters. The van der Waals surface area contributed by atoms with Crippen LogP contribution in [-0.4, -0.2) is 41.8 Å². The first-order valence-electron chi connectivity index (χ1n) is 6.43. The molecule has 1 heterocycles. The van der Waals surface area contributed by atoms with E-state index in [1.807, 2.05) is 20.9 Å². The summed E-state index contributed by atoms with van der Waals surface area (Å²) < 4.78 is 0. The highest BCUT2D eigenvalue weighted by atomic mass is 16.3. The molecule has 2 N–H and O–H groups in total. The molecule has 0 amide bonds. The standard InChI is InChI=1S/C13H22N4O/c1-8-12(14-3)15-9(2)16-13(8)17(4)7-10-5-11(18)6-10/h10-11,18H,5-7H2,1-4H3,(H,14,15,16). The smallest absolute Gasteiger partial charge is 0.137 e. The van der Waals surface area contributed by atoms with Crippen molar-refractivity contribution in [2.24, 2.45) is 5.92 Å². The number of hydrogen-bond acceptors (Lipinski definition) is 5. The maximum absolute atomic E-state index is 9.33. The summed E-state index contributed by atoms with van der Waals surface area (Å²) in [7, 11) is 3.93. The van der Waals surface area contributed by atoms with Crippen LogP contribution < -0.4 is 10.2 Å². The lowest BCUT2D eigenvalue weighted by atomic mass is 9.82. The lowest BCUT2D eigenvalue weighted by molar-refractivity contribution is 0.0464. The van der Waals surface area contributed by atoms with Gasteiger partial charge in [0.05, 0.1) is 6.10 Å². The number of aryl methyl sites for hydroxylation is 1. The summed E-state index contributed by atoms with van der Waals surface area (Å²) in [6.07, 6.45) is 1.73. The zero-order valence-electron chi connectivity index (χ0n) is 11.6. The van der Waals surface area contributed by atoms with E-state index in [0.717, 1.165) is 42.4 Å². The minimum absolute atomic E-state index is 0.0931. The van der Waals surface area contributed by atoms with Gasteiger partial charge in [0.25, 0.3) is 0 Å². The van der Waals surface area contributed by atoms with Crippen molar-refractivity contribution in [2.75, 3.05) is 30.9 Å². The second kappa shape index (κ2) is 5.10. The molecule has 0 bridgehead atoms. The molecule has 18 heavy (non-hydrogen) atoms. The van der Waals surface area contributed by atoms with Gasteiger partial charge in [0.2, 0.25) is 0 Å². The molecule has 1 aromatic rings. The van der Waals surface area contributed by atoms with Crippen LogP contribution in [0.4, 0.5) is 11.6 Å². The van der Waals surface area contributed by atoms with Crippen molar-refractivity contribution in [1.29, 1.82) is 0 Å². The van der Waals surface area contributed by atoms with Crippen molar-refractivity contribution >= 4 is 11.6 Å². The number of nitrogens with zero attached hydrogens (tertiary/aromatic N) is 3. The Morgan fingerprint density at radius 3 is 2.56 bits per heavy atom. The van der Waals surface area contributed by atoms with E-state index in [1.165, 1.54) is 0 Å². The maximum atomic E-state index is 9.33. The van der Waals surface area contributed by atoms with Crippen LogP contribution in [0, 0.1) is 19.8 Å². The highest BCUT2D eigenvalue weighted by Gasteiger charge is 2.28. The monoisotopic (exact) mass is 250 g/mol. The van der Waals surface area contributed by atoms with Crippen molar-refractivity contribution in [3.8, 4) is 0 Å². The molecule has 1 aliphatic rings. The van der Waals surface area contributed by atoms with Gasteiger partial charge in [-0.25, -0.2) is 9.97 Å². The zero-order valence-corrected chi connectivity index (χ0v) is 11.6. The number of anilines is 2. The number of aliphatic hydroxyl groups excluding tert-OH is 1. The molecule has 1 aliphatic carbocycles. The minimum Gasteiger partial charge on any atom is -0.393 e. The third-order valence-electron chi connectivity index (χ3n) is 3.57. The molecule has 1 saturated carbocycles. The Bertz CT molecular complexity index is 429. The van der Waals surface area contributed by atoms with Gasteiger partial charge in [0.1, 0.15) is 17.5 Å². The molecule has 0 radical (unpaired) electrons. The van der Waals surface area contributed by atoms with Crippen molar-refractivity contribution < 1.29 is 5.11 Å². The highest BCUT2D eigenvalue weighted by molar-refractivity contribution is 5.58. The molecule has 0 aromatic carbocycles. The van der Waals surface area contributed by atoms with Crippen LogP contribution in [0.5, 0.6) is 0 Å². The molecular formula is C13H22N4O. The molecule has 1 aromatic heterocycles. The van der Waals surface area contributed by atoms with E-state index in [-0.39, 0.29) is 6.10 Å². The predicted molar refractivity (Wildman–Crippen MR) is 73.1 cm³/mol. The lowest BCUT2D eigenvalue weighted by Crippen LogP contribution is -2.37. The molecule has 0 spiro atoms. The average Bonchev–Trinajstić information content (AvgIpc) is 2.29. The molecule has 0 atom stereocenters. The van der Waals surface area contributed by atoms with Gasteiger partial charge in [-0.3, -0.25) is 0 Å². The van der Waals surface area contributed by atoms with Gasteiger partial charge >= 0.3 is 0 Å². The van der Waals surface area contributed by atoms with Gasteiger partial charge in [-0.15, -0.1) is 0 Å². The summed E-state index contributed by atoms with van der Waals surface area (Å²) in [5.41, 5.74) is 1.07. The number of aromatic nitrogens is 2. The predicted octanol–water partition coefficient (Wildman–Crippen LogP) is 1.34. The van der Waals surface area contributed by atoms with E-state index < -0.39 is 0 Å². The van der Waals surface area contributed by atoms with Gasteiger partial charge in [-0.2, -0.15) is 0 Å². The average molecular weight is 250 g/mol. The van der Waals surface area contributed by atoms with E-state index >= 15 is 0 Å². The molecule has 5 heteroatoms. The number of aliphatic hydroxyl groups is 1. The first-order chi connectivity index (χ1) is 8.51. The van der Waals surface area contributed by atoms with Crippen molar-refractivity contribution in [1.82, 2.24) is 9.97 Å². The van der Waals surface area contributed by atoms with Crippen LogP contribution in [-0.2, 0) is 0 Å². The van der Waals surface area contributed by atoms with Gasteiger partial charge in [-0.1, -0.05) is 0 Å². The van der Waals surface area contributed by atoms with Crippen LogP contribution in [0.2, 0.25) is 0 Å². The summed E-state index contributed by atoms with van der Waals surface area (Å²) >= 11 is 0. The normalized spacial score (nSPS) is 22.5. The highest BCUT2D eigenvalue weighted by Crippen LogP contribution is 2.30. The largest absolute Gasteiger partial charge is 0.393 e. The number of hydrogen-bond donors (Lipinski definition) is 2. The summed E-state index contributed by atoms with van der Waals surface area (Å²) in [6.45, 7) is 4.88. The van der Waals surface area contributed by atoms with E-state index in [2.05, 4.69) is 27.2 Å². The minimum atomic E-state index is -0.0931. The Hall–Kier alpha value is -1.36. The second-order valence-corrected chi connectivity index (χ2v) is 5.19. The van der Waals surface area contributed by atoms with Crippen molar-refractivity contribution in [3.05, 3.63) is 11.4 Å². The van der Waals surface area contributed by atoms with Crippen LogP contribution >= 0.6 is 0 Å². The van der Waals surface area contributed by atoms with Gasteiger partial charge in [0, 0.05) is 26.2 Å². The first-order valence-corrected chi connectivity index (χ1v) is 6.43. The third kappa shape index (κ3) is 2.56. The molecule has 2 rings (SSSR count). The maximum Gasteiger partial charge on any atom is 0.137 e. The third-order valence-corrected chi connectivity index (χ3v) is 3.57. The molecule has 1 fully saturated rings.